The molecule has 1 saturated heterocycles. The summed E-state index contributed by atoms with van der Waals surface area (Å²) in [4.78, 5) is 26.6. The molecule has 2 N–H and O–H groups in total. The van der Waals surface area contributed by atoms with Crippen LogP contribution in [0, 0.1) is 5.92 Å². The first kappa shape index (κ1) is 21.7. The molecule has 1 unspecified atom stereocenters. The maximum Gasteiger partial charge on any atom is 0.251 e. The highest BCUT2D eigenvalue weighted by molar-refractivity contribution is 6.30. The van der Waals surface area contributed by atoms with Gasteiger partial charge in [0.2, 0.25) is 5.91 Å². The molecule has 1 aliphatic heterocycles. The lowest BCUT2D eigenvalue weighted by molar-refractivity contribution is -0.134. The molecule has 1 aromatic carbocycles. The van der Waals surface area contributed by atoms with Crippen LogP contribution in [-0.4, -0.2) is 49.4 Å². The molecule has 1 aliphatic rings. The number of halogens is 2. The fourth-order valence-electron chi connectivity index (χ4n) is 3.01. The fraction of sp³-hybridized carbons (Fsp3) is 0.556. The van der Waals surface area contributed by atoms with E-state index < -0.39 is 6.04 Å². The highest BCUT2D eigenvalue weighted by atomic mass is 35.5. The number of benzene rings is 1. The van der Waals surface area contributed by atoms with Crippen LogP contribution >= 0.6 is 24.0 Å². The molecule has 7 heteroatoms. The molecule has 0 bridgehead atoms. The van der Waals surface area contributed by atoms with E-state index in [1.54, 1.807) is 31.2 Å². The Morgan fingerprint density at radius 1 is 1.24 bits per heavy atom. The van der Waals surface area contributed by atoms with E-state index in [0.717, 1.165) is 38.9 Å². The largest absolute Gasteiger partial charge is 0.341 e. The van der Waals surface area contributed by atoms with Gasteiger partial charge in [0.15, 0.2) is 0 Å². The van der Waals surface area contributed by atoms with Crippen LogP contribution in [0.3, 0.4) is 0 Å². The van der Waals surface area contributed by atoms with Gasteiger partial charge in [-0.2, -0.15) is 0 Å². The molecular formula is C18H27Cl2N3O2. The third-order valence-electron chi connectivity index (χ3n) is 4.55. The summed E-state index contributed by atoms with van der Waals surface area (Å²) in [5, 5.41) is 6.53. The molecule has 1 heterocycles. The molecule has 1 fully saturated rings. The highest BCUT2D eigenvalue weighted by Gasteiger charge is 2.26. The average Bonchev–Trinajstić information content (AvgIpc) is 2.60. The minimum Gasteiger partial charge on any atom is -0.341 e. The maximum atomic E-state index is 12.5. The van der Waals surface area contributed by atoms with Crippen LogP contribution in [0.15, 0.2) is 24.3 Å². The van der Waals surface area contributed by atoms with Gasteiger partial charge >= 0.3 is 0 Å². The van der Waals surface area contributed by atoms with Crippen molar-refractivity contribution in [1.29, 1.82) is 0 Å². The van der Waals surface area contributed by atoms with Crippen molar-refractivity contribution in [3.05, 3.63) is 34.9 Å². The molecule has 0 saturated carbocycles. The quantitative estimate of drug-likeness (QED) is 0.788. The monoisotopic (exact) mass is 387 g/mol. The number of hydrogen-bond donors (Lipinski definition) is 2. The second-order valence-corrected chi connectivity index (χ2v) is 6.80. The Morgan fingerprint density at radius 3 is 2.40 bits per heavy atom. The van der Waals surface area contributed by atoms with Crippen molar-refractivity contribution in [1.82, 2.24) is 15.5 Å². The molecule has 25 heavy (non-hydrogen) atoms. The zero-order valence-electron chi connectivity index (χ0n) is 14.8. The van der Waals surface area contributed by atoms with Gasteiger partial charge in [-0.15, -0.1) is 12.4 Å². The molecular weight excluding hydrogens is 361 g/mol. The van der Waals surface area contributed by atoms with E-state index in [1.807, 2.05) is 11.9 Å². The number of hydrogen-bond acceptors (Lipinski definition) is 3. The van der Waals surface area contributed by atoms with Gasteiger partial charge in [0, 0.05) is 23.7 Å². The molecule has 0 spiro atoms. The molecule has 0 radical (unpaired) electrons. The predicted molar refractivity (Wildman–Crippen MR) is 103 cm³/mol. The first-order valence-corrected chi connectivity index (χ1v) is 8.89. The Morgan fingerprint density at radius 2 is 1.84 bits per heavy atom. The van der Waals surface area contributed by atoms with Crippen LogP contribution in [0.25, 0.3) is 0 Å². The standard InChI is InChI=1S/C18H26ClN3O2.ClH/c1-13(21-17(23)15-3-5-16(19)6-4-15)18(24)22-11-8-14(9-12-22)7-10-20-2;/h3-6,13-14,20H,7-12H2,1-2H3,(H,21,23);1H. The minimum atomic E-state index is -0.526. The van der Waals surface area contributed by atoms with E-state index in [1.165, 1.54) is 0 Å². The first-order chi connectivity index (χ1) is 11.5. The van der Waals surface area contributed by atoms with Crippen LogP contribution in [0.4, 0.5) is 0 Å². The lowest BCUT2D eigenvalue weighted by Gasteiger charge is -2.33. The Balaban J connectivity index is 0.00000312. The molecule has 0 aromatic heterocycles. The third-order valence-corrected chi connectivity index (χ3v) is 4.81. The predicted octanol–water partition coefficient (Wildman–Crippen LogP) is 2.73. The lowest BCUT2D eigenvalue weighted by atomic mass is 9.93. The maximum absolute atomic E-state index is 12.5. The summed E-state index contributed by atoms with van der Waals surface area (Å²) in [6.07, 6.45) is 3.22. The second-order valence-electron chi connectivity index (χ2n) is 6.36. The second kappa shape index (κ2) is 10.6. The van der Waals surface area contributed by atoms with Crippen molar-refractivity contribution in [3.63, 3.8) is 0 Å². The van der Waals surface area contributed by atoms with E-state index in [0.29, 0.717) is 16.5 Å². The summed E-state index contributed by atoms with van der Waals surface area (Å²) < 4.78 is 0. The van der Waals surface area contributed by atoms with Gasteiger partial charge in [-0.1, -0.05) is 11.6 Å². The number of likely N-dealkylation sites (tertiary alicyclic amines) is 1. The number of piperidine rings is 1. The van der Waals surface area contributed by atoms with Crippen LogP contribution in [0.1, 0.15) is 36.5 Å². The average molecular weight is 388 g/mol. The van der Waals surface area contributed by atoms with Crippen molar-refractivity contribution in [3.8, 4) is 0 Å². The van der Waals surface area contributed by atoms with Gasteiger partial charge in [-0.3, -0.25) is 9.59 Å². The van der Waals surface area contributed by atoms with Gasteiger partial charge in [0.1, 0.15) is 6.04 Å². The van der Waals surface area contributed by atoms with E-state index >= 15 is 0 Å². The Labute approximate surface area is 160 Å². The summed E-state index contributed by atoms with van der Waals surface area (Å²) in [7, 11) is 1.96. The lowest BCUT2D eigenvalue weighted by Crippen LogP contribution is -2.49. The summed E-state index contributed by atoms with van der Waals surface area (Å²) in [5.74, 6) is 0.418. The molecule has 2 amide bonds. The number of rotatable bonds is 6. The fourth-order valence-corrected chi connectivity index (χ4v) is 3.13. The van der Waals surface area contributed by atoms with Crippen molar-refractivity contribution < 1.29 is 9.59 Å². The van der Waals surface area contributed by atoms with E-state index in [4.69, 9.17) is 11.6 Å². The molecule has 1 aromatic rings. The zero-order valence-corrected chi connectivity index (χ0v) is 16.3. The summed E-state index contributed by atoms with van der Waals surface area (Å²) in [6.45, 7) is 4.30. The van der Waals surface area contributed by atoms with E-state index in [2.05, 4.69) is 10.6 Å². The van der Waals surface area contributed by atoms with E-state index in [-0.39, 0.29) is 24.2 Å². The van der Waals surface area contributed by atoms with Gasteiger partial charge in [-0.25, -0.2) is 0 Å². The molecule has 5 nitrogen and oxygen atoms in total. The van der Waals surface area contributed by atoms with Gasteiger partial charge in [0.25, 0.3) is 5.91 Å². The number of carbonyl (C=O) groups is 2. The van der Waals surface area contributed by atoms with Gasteiger partial charge in [0.05, 0.1) is 0 Å². The molecule has 1 atom stereocenters. The smallest absolute Gasteiger partial charge is 0.251 e. The molecule has 0 aliphatic carbocycles. The summed E-state index contributed by atoms with van der Waals surface area (Å²) in [5.41, 5.74) is 0.504. The summed E-state index contributed by atoms with van der Waals surface area (Å²) >= 11 is 5.82. The first-order valence-electron chi connectivity index (χ1n) is 8.51. The number of amides is 2. The number of nitrogens with one attached hydrogen (secondary N) is 2. The summed E-state index contributed by atoms with van der Waals surface area (Å²) in [6, 6.07) is 6.12. The molecule has 2 rings (SSSR count). The SMILES string of the molecule is CNCCC1CCN(C(=O)C(C)NC(=O)c2ccc(Cl)cc2)CC1.Cl. The van der Waals surface area contributed by atoms with Gasteiger partial charge < -0.3 is 15.5 Å². The number of nitrogens with zero attached hydrogens (tertiary/aromatic N) is 1. The van der Waals surface area contributed by atoms with Crippen LogP contribution in [0.2, 0.25) is 5.02 Å². The highest BCUT2D eigenvalue weighted by Crippen LogP contribution is 2.20. The van der Waals surface area contributed by atoms with E-state index in [9.17, 15) is 9.59 Å². The number of carbonyl (C=O) groups excluding carboxylic acids is 2. The zero-order chi connectivity index (χ0) is 17.5. The van der Waals surface area contributed by atoms with Crippen molar-refractivity contribution in [2.45, 2.75) is 32.2 Å². The molecule has 140 valence electrons. The van der Waals surface area contributed by atoms with Gasteiger partial charge in [-0.05, 0) is 70.0 Å². The Hall–Kier alpha value is -1.30. The normalized spacial score (nSPS) is 16.0. The minimum absolute atomic E-state index is 0. The van der Waals surface area contributed by atoms with Crippen molar-refractivity contribution >= 4 is 35.8 Å². The van der Waals surface area contributed by atoms with Crippen molar-refractivity contribution in [2.24, 2.45) is 5.92 Å². The van der Waals surface area contributed by atoms with Crippen LogP contribution in [-0.2, 0) is 4.79 Å². The third kappa shape index (κ3) is 6.49. The Bertz CT molecular complexity index is 558. The topological polar surface area (TPSA) is 61.4 Å². The Kier molecular flexibility index (Phi) is 9.25. The van der Waals surface area contributed by atoms with Crippen LogP contribution < -0.4 is 10.6 Å². The van der Waals surface area contributed by atoms with Crippen LogP contribution in [0.5, 0.6) is 0 Å². The van der Waals surface area contributed by atoms with Crippen molar-refractivity contribution in [2.75, 3.05) is 26.7 Å².